The molecule has 0 radical (unpaired) electrons. The summed E-state index contributed by atoms with van der Waals surface area (Å²) >= 11 is 0. The minimum absolute atomic E-state index is 0.130. The van der Waals surface area contributed by atoms with Gasteiger partial charge in [-0.15, -0.1) is 0 Å². The number of nitrogens with one attached hydrogen (secondary N) is 1. The summed E-state index contributed by atoms with van der Waals surface area (Å²) in [5.41, 5.74) is 1.38. The lowest BCUT2D eigenvalue weighted by Gasteiger charge is -2.32. The van der Waals surface area contributed by atoms with Crippen molar-refractivity contribution in [2.45, 2.75) is 32.1 Å². The smallest absolute Gasteiger partial charge is 0.310 e. The molecule has 2 aliphatic rings. The molecule has 1 N–H and O–H groups in total. The predicted octanol–water partition coefficient (Wildman–Crippen LogP) is 3.98. The van der Waals surface area contributed by atoms with Crippen LogP contribution >= 0.6 is 0 Å². The van der Waals surface area contributed by atoms with E-state index in [4.69, 9.17) is 4.74 Å². The fourth-order valence-corrected chi connectivity index (χ4v) is 4.53. The van der Waals surface area contributed by atoms with Crippen molar-refractivity contribution in [1.82, 2.24) is 0 Å². The lowest BCUT2D eigenvalue weighted by molar-refractivity contribution is -0.156. The Bertz CT molecular complexity index is 1090. The van der Waals surface area contributed by atoms with Crippen LogP contribution in [0.3, 0.4) is 0 Å². The van der Waals surface area contributed by atoms with Gasteiger partial charge in [-0.25, -0.2) is 13.2 Å². The summed E-state index contributed by atoms with van der Waals surface area (Å²) in [5.74, 6) is -7.59. The maximum absolute atomic E-state index is 13.7. The van der Waals surface area contributed by atoms with Crippen molar-refractivity contribution in [3.05, 3.63) is 59.4 Å². The number of nitrogens with zero attached hydrogens (tertiary/aromatic N) is 1. The Balaban J connectivity index is 1.38. The van der Waals surface area contributed by atoms with E-state index in [1.54, 1.807) is 4.90 Å². The van der Waals surface area contributed by atoms with Gasteiger partial charge in [0, 0.05) is 12.2 Å². The first-order chi connectivity index (χ1) is 15.9. The first-order valence-electron chi connectivity index (χ1n) is 10.9. The van der Waals surface area contributed by atoms with Crippen LogP contribution in [0.1, 0.15) is 31.2 Å². The lowest BCUT2D eigenvalue weighted by Crippen LogP contribution is -2.42. The van der Waals surface area contributed by atoms with Gasteiger partial charge in [0.15, 0.2) is 24.1 Å². The number of halogens is 3. The predicted molar refractivity (Wildman–Crippen MR) is 114 cm³/mol. The molecule has 2 amide bonds. The monoisotopic (exact) mass is 460 g/mol. The number of benzene rings is 2. The van der Waals surface area contributed by atoms with E-state index in [-0.39, 0.29) is 5.91 Å². The molecule has 33 heavy (non-hydrogen) atoms. The summed E-state index contributed by atoms with van der Waals surface area (Å²) in [6.45, 7) is -0.181. The maximum Gasteiger partial charge on any atom is 0.310 e. The third kappa shape index (κ3) is 4.72. The van der Waals surface area contributed by atoms with Gasteiger partial charge in [-0.2, -0.15) is 0 Å². The third-order valence-corrected chi connectivity index (χ3v) is 6.19. The van der Waals surface area contributed by atoms with E-state index in [1.807, 2.05) is 24.3 Å². The molecule has 1 saturated carbocycles. The van der Waals surface area contributed by atoms with Crippen molar-refractivity contribution in [3.63, 3.8) is 0 Å². The van der Waals surface area contributed by atoms with Crippen LogP contribution in [0.25, 0.3) is 0 Å². The van der Waals surface area contributed by atoms with Gasteiger partial charge in [-0.05, 0) is 43.0 Å². The molecule has 2 unspecified atom stereocenters. The van der Waals surface area contributed by atoms with Crippen molar-refractivity contribution >= 4 is 29.2 Å². The molecule has 0 aromatic heterocycles. The molecular weight excluding hydrogens is 437 g/mol. The number of esters is 1. The van der Waals surface area contributed by atoms with E-state index in [9.17, 15) is 27.6 Å². The van der Waals surface area contributed by atoms with Gasteiger partial charge in [0.2, 0.25) is 5.91 Å². The zero-order valence-electron chi connectivity index (χ0n) is 17.8. The highest BCUT2D eigenvalue weighted by atomic mass is 19.2. The van der Waals surface area contributed by atoms with Crippen LogP contribution in [0, 0.1) is 29.3 Å². The van der Waals surface area contributed by atoms with Crippen LogP contribution in [-0.4, -0.2) is 30.9 Å². The largest absolute Gasteiger partial charge is 0.455 e. The van der Waals surface area contributed by atoms with Gasteiger partial charge < -0.3 is 15.0 Å². The molecule has 4 rings (SSSR count). The van der Waals surface area contributed by atoms with Crippen molar-refractivity contribution in [1.29, 1.82) is 0 Å². The molecule has 2 atom stereocenters. The topological polar surface area (TPSA) is 75.7 Å². The summed E-state index contributed by atoms with van der Waals surface area (Å²) < 4.78 is 45.2. The van der Waals surface area contributed by atoms with Gasteiger partial charge in [-0.3, -0.25) is 14.4 Å². The van der Waals surface area contributed by atoms with Crippen LogP contribution in [0.4, 0.5) is 24.5 Å². The summed E-state index contributed by atoms with van der Waals surface area (Å²) in [6, 6.07) is 9.20. The van der Waals surface area contributed by atoms with Gasteiger partial charge >= 0.3 is 5.97 Å². The summed E-state index contributed by atoms with van der Waals surface area (Å²) in [5, 5.41) is 2.05. The van der Waals surface area contributed by atoms with Crippen LogP contribution < -0.4 is 10.2 Å². The lowest BCUT2D eigenvalue weighted by atomic mass is 9.78. The molecule has 1 aliphatic heterocycles. The van der Waals surface area contributed by atoms with Crippen LogP contribution in [0.2, 0.25) is 0 Å². The van der Waals surface area contributed by atoms with Crippen molar-refractivity contribution in [2.75, 3.05) is 23.4 Å². The number of anilines is 2. The number of fused-ring (bicyclic) bond motifs is 1. The number of carbonyl (C=O) groups excluding carboxylic acids is 3. The second kappa shape index (κ2) is 9.64. The van der Waals surface area contributed by atoms with Crippen molar-refractivity contribution in [2.24, 2.45) is 11.8 Å². The minimum atomic E-state index is -1.71. The number of carbonyl (C=O) groups is 3. The minimum Gasteiger partial charge on any atom is -0.455 e. The summed E-state index contributed by atoms with van der Waals surface area (Å²) in [4.78, 5) is 39.8. The highest BCUT2D eigenvalue weighted by Gasteiger charge is 2.40. The van der Waals surface area contributed by atoms with E-state index in [0.717, 1.165) is 36.6 Å². The Morgan fingerprint density at radius 3 is 2.48 bits per heavy atom. The standard InChI is InChI=1S/C24H23F3N2O4/c25-17-9-10-18(22(27)21(17)26)28-20(30)13-33-24(32)16-7-3-2-6-15(16)23(31)29-12-11-14-5-1-4-8-19(14)29/h1,4-5,8-10,15-16H,2-3,6-7,11-13H2,(H,28,30). The van der Waals surface area contributed by atoms with E-state index in [2.05, 4.69) is 5.32 Å². The number of para-hydroxylation sites is 1. The van der Waals surface area contributed by atoms with Gasteiger partial charge in [0.1, 0.15) is 0 Å². The molecule has 0 saturated heterocycles. The Kier molecular flexibility index (Phi) is 6.67. The second-order valence-electron chi connectivity index (χ2n) is 8.24. The van der Waals surface area contributed by atoms with Crippen LogP contribution in [0.15, 0.2) is 36.4 Å². The molecule has 2 aromatic rings. The van der Waals surface area contributed by atoms with E-state index >= 15 is 0 Å². The summed E-state index contributed by atoms with van der Waals surface area (Å²) in [6.07, 6.45) is 3.33. The molecular formula is C24H23F3N2O4. The second-order valence-corrected chi connectivity index (χ2v) is 8.24. The number of hydrogen-bond acceptors (Lipinski definition) is 4. The highest BCUT2D eigenvalue weighted by Crippen LogP contribution is 2.36. The van der Waals surface area contributed by atoms with E-state index < -0.39 is 53.5 Å². The number of amides is 2. The maximum atomic E-state index is 13.7. The number of hydrogen-bond donors (Lipinski definition) is 1. The Hall–Kier alpha value is -3.36. The average Bonchev–Trinajstić information content (AvgIpc) is 3.26. The zero-order valence-corrected chi connectivity index (χ0v) is 17.8. The van der Waals surface area contributed by atoms with Crippen LogP contribution in [0.5, 0.6) is 0 Å². The molecule has 6 nitrogen and oxygen atoms in total. The molecule has 1 fully saturated rings. The first kappa shape index (κ1) is 22.8. The molecule has 0 spiro atoms. The van der Waals surface area contributed by atoms with Gasteiger partial charge in [0.05, 0.1) is 17.5 Å². The first-order valence-corrected chi connectivity index (χ1v) is 10.9. The fourth-order valence-electron chi connectivity index (χ4n) is 4.53. The van der Waals surface area contributed by atoms with E-state index in [1.165, 1.54) is 0 Å². The molecule has 1 heterocycles. The molecule has 174 valence electrons. The quantitative estimate of drug-likeness (QED) is 0.541. The zero-order chi connectivity index (χ0) is 23.5. The molecule has 0 bridgehead atoms. The average molecular weight is 460 g/mol. The Labute approximate surface area is 188 Å². The third-order valence-electron chi connectivity index (χ3n) is 6.19. The number of ether oxygens (including phenoxy) is 1. The molecule has 2 aromatic carbocycles. The van der Waals surface area contributed by atoms with Crippen LogP contribution in [-0.2, 0) is 25.5 Å². The molecule has 9 heteroatoms. The Morgan fingerprint density at radius 1 is 0.970 bits per heavy atom. The van der Waals surface area contributed by atoms with Crippen molar-refractivity contribution in [3.8, 4) is 0 Å². The fraction of sp³-hybridized carbons (Fsp3) is 0.375. The van der Waals surface area contributed by atoms with Gasteiger partial charge in [0.25, 0.3) is 5.91 Å². The van der Waals surface area contributed by atoms with E-state index in [0.29, 0.717) is 25.5 Å². The van der Waals surface area contributed by atoms with Gasteiger partial charge in [-0.1, -0.05) is 31.0 Å². The highest BCUT2D eigenvalue weighted by molar-refractivity contribution is 5.99. The number of rotatable bonds is 5. The SMILES string of the molecule is O=C(COC(=O)C1CCCCC1C(=O)N1CCc2ccccc21)Nc1ccc(F)c(F)c1F. The van der Waals surface area contributed by atoms with Crippen molar-refractivity contribution < 1.29 is 32.3 Å². The normalized spacial score (nSPS) is 19.7. The summed E-state index contributed by atoms with van der Waals surface area (Å²) in [7, 11) is 0. The Morgan fingerprint density at radius 2 is 1.70 bits per heavy atom. The molecule has 1 aliphatic carbocycles.